The molecule has 52 heavy (non-hydrogen) atoms. The van der Waals surface area contributed by atoms with Gasteiger partial charge >= 0.3 is 0 Å². The lowest BCUT2D eigenvalue weighted by Crippen LogP contribution is -2.00. The van der Waals surface area contributed by atoms with Crippen LogP contribution in [0.25, 0.3) is 109 Å². The van der Waals surface area contributed by atoms with Gasteiger partial charge in [-0.05, 0) is 48.5 Å². The van der Waals surface area contributed by atoms with Gasteiger partial charge in [0.1, 0.15) is 11.2 Å². The van der Waals surface area contributed by atoms with Crippen molar-refractivity contribution in [1.29, 1.82) is 0 Å². The normalized spacial score (nSPS) is 11.8. The molecule has 4 aromatic heterocycles. The van der Waals surface area contributed by atoms with Crippen LogP contribution in [0.2, 0.25) is 0 Å². The number of benzene rings is 7. The molecule has 0 fully saturated rings. The Kier molecular flexibility index (Phi) is 6.35. The average Bonchev–Trinajstić information content (AvgIpc) is 3.79. The largest absolute Gasteiger partial charge is 0.456 e. The van der Waals surface area contributed by atoms with Crippen LogP contribution in [0.3, 0.4) is 0 Å². The molecule has 0 aliphatic carbocycles. The molecule has 4 heterocycles. The van der Waals surface area contributed by atoms with E-state index in [0.29, 0.717) is 17.5 Å². The zero-order valence-corrected chi connectivity index (χ0v) is 28.4. The van der Waals surface area contributed by atoms with Crippen LogP contribution in [0.15, 0.2) is 162 Å². The maximum absolute atomic E-state index is 6.26. The predicted octanol–water partition coefficient (Wildman–Crippen LogP) is 12.5. The lowest BCUT2D eigenvalue weighted by molar-refractivity contribution is 0.669. The first kappa shape index (κ1) is 29.0. The smallest absolute Gasteiger partial charge is 0.164 e. The number of nitrogens with zero attached hydrogens (tertiary/aromatic N) is 4. The number of rotatable bonds is 4. The van der Waals surface area contributed by atoms with E-state index in [1.54, 1.807) is 0 Å². The second-order valence-electron chi connectivity index (χ2n) is 13.0. The van der Waals surface area contributed by atoms with Crippen LogP contribution in [-0.4, -0.2) is 19.9 Å². The van der Waals surface area contributed by atoms with Crippen LogP contribution in [-0.2, 0) is 0 Å². The monoisotopic (exact) mass is 682 g/mol. The van der Waals surface area contributed by atoms with Crippen molar-refractivity contribution in [3.63, 3.8) is 0 Å². The third kappa shape index (κ3) is 4.55. The van der Waals surface area contributed by atoms with Crippen LogP contribution in [0.4, 0.5) is 0 Å². The Morgan fingerprint density at radius 2 is 0.981 bits per heavy atom. The Morgan fingerprint density at radius 1 is 0.365 bits per heavy atom. The van der Waals surface area contributed by atoms with Crippen LogP contribution >= 0.6 is 11.3 Å². The fraction of sp³-hybridized carbons (Fsp3) is 0. The van der Waals surface area contributed by atoms with Crippen molar-refractivity contribution in [2.45, 2.75) is 0 Å². The van der Waals surface area contributed by atoms with E-state index in [1.165, 1.54) is 25.6 Å². The van der Waals surface area contributed by atoms with Gasteiger partial charge in [0.15, 0.2) is 17.5 Å². The summed E-state index contributed by atoms with van der Waals surface area (Å²) < 4.78 is 8.77. The minimum absolute atomic E-state index is 0.583. The minimum atomic E-state index is 0.583. The molecule has 0 saturated heterocycles. The second-order valence-corrected chi connectivity index (χ2v) is 14.1. The molecule has 242 valence electrons. The van der Waals surface area contributed by atoms with Crippen LogP contribution in [0, 0.1) is 0 Å². The summed E-state index contributed by atoms with van der Waals surface area (Å²) >= 11 is 1.83. The molecule has 0 saturated carbocycles. The minimum Gasteiger partial charge on any atom is -0.456 e. The third-order valence-corrected chi connectivity index (χ3v) is 11.0. The van der Waals surface area contributed by atoms with Gasteiger partial charge in [0.25, 0.3) is 0 Å². The van der Waals surface area contributed by atoms with Gasteiger partial charge in [0.05, 0.1) is 11.2 Å². The van der Waals surface area contributed by atoms with Gasteiger partial charge in [0.2, 0.25) is 0 Å². The van der Waals surface area contributed by atoms with Crippen molar-refractivity contribution < 1.29 is 4.42 Å². The van der Waals surface area contributed by atoms with Gasteiger partial charge in [0, 0.05) is 69.4 Å². The predicted molar refractivity (Wildman–Crippen MR) is 215 cm³/mol. The summed E-state index contributed by atoms with van der Waals surface area (Å²) in [5.74, 6) is 1.79. The third-order valence-electron chi connectivity index (χ3n) is 9.91. The van der Waals surface area contributed by atoms with E-state index in [9.17, 15) is 0 Å². The molecule has 0 unspecified atom stereocenters. The van der Waals surface area contributed by atoms with E-state index in [0.717, 1.165) is 66.2 Å². The molecule has 6 heteroatoms. The van der Waals surface area contributed by atoms with Crippen molar-refractivity contribution in [2.75, 3.05) is 0 Å². The van der Waals surface area contributed by atoms with Gasteiger partial charge in [-0.15, -0.1) is 11.3 Å². The number of aromatic nitrogens is 4. The number of para-hydroxylation sites is 1. The Hall–Kier alpha value is -6.76. The van der Waals surface area contributed by atoms with E-state index in [1.807, 2.05) is 72.0 Å². The molecule has 7 aromatic carbocycles. The summed E-state index contributed by atoms with van der Waals surface area (Å²) in [6.07, 6.45) is 0. The van der Waals surface area contributed by atoms with E-state index in [-0.39, 0.29) is 0 Å². The molecule has 0 aliphatic heterocycles. The molecule has 0 spiro atoms. The van der Waals surface area contributed by atoms with Gasteiger partial charge in [-0.1, -0.05) is 109 Å². The summed E-state index contributed by atoms with van der Waals surface area (Å²) in [6.45, 7) is 0. The van der Waals surface area contributed by atoms with Crippen LogP contribution in [0.1, 0.15) is 0 Å². The first-order valence-corrected chi connectivity index (χ1v) is 18.0. The van der Waals surface area contributed by atoms with Crippen LogP contribution in [0.5, 0.6) is 0 Å². The van der Waals surface area contributed by atoms with Crippen LogP contribution < -0.4 is 0 Å². The number of fused-ring (bicyclic) bond motifs is 10. The Bertz CT molecular complexity index is 3190. The lowest BCUT2D eigenvalue weighted by atomic mass is 9.95. The molecule has 0 amide bonds. The van der Waals surface area contributed by atoms with E-state index >= 15 is 0 Å². The Labute approximate surface area is 301 Å². The highest BCUT2D eigenvalue weighted by Gasteiger charge is 2.19. The summed E-state index contributed by atoms with van der Waals surface area (Å²) in [4.78, 5) is 20.5. The highest BCUT2D eigenvalue weighted by molar-refractivity contribution is 7.26. The topological polar surface area (TPSA) is 64.7 Å². The fourth-order valence-corrected chi connectivity index (χ4v) is 8.59. The highest BCUT2D eigenvalue weighted by Crippen LogP contribution is 2.44. The summed E-state index contributed by atoms with van der Waals surface area (Å²) in [6, 6.07) is 54.4. The lowest BCUT2D eigenvalue weighted by Gasteiger charge is -2.13. The van der Waals surface area contributed by atoms with Crippen molar-refractivity contribution in [2.24, 2.45) is 0 Å². The van der Waals surface area contributed by atoms with Gasteiger partial charge in [-0.25, -0.2) is 19.9 Å². The molecule has 11 rings (SSSR count). The van der Waals surface area contributed by atoms with E-state index in [2.05, 4.69) is 97.1 Å². The summed E-state index contributed by atoms with van der Waals surface area (Å²) in [5, 5.41) is 8.02. The molecule has 0 atom stereocenters. The Balaban J connectivity index is 1.18. The molecular formula is C46H26N4OS. The standard InChI is InChI=1S/C46H26N4OS/c1-3-11-27(12-4-1)43-34-22-24-40-42(33-16-8-10-18-39(33)52-40)41(34)35-25-29(20-23-36(35)47-43)45-48-44(28-13-5-2-6-14-28)49-46(50-45)30-19-21-32-31-15-7-9-17-37(31)51-38(32)26-30/h1-26H. The van der Waals surface area contributed by atoms with Crippen molar-refractivity contribution in [3.8, 4) is 45.4 Å². The summed E-state index contributed by atoms with van der Waals surface area (Å²) in [7, 11) is 0. The summed E-state index contributed by atoms with van der Waals surface area (Å²) in [5.41, 5.74) is 7.32. The molecular weight excluding hydrogens is 657 g/mol. The molecule has 0 bridgehead atoms. The van der Waals surface area contributed by atoms with Crippen molar-refractivity contribution >= 4 is 75.1 Å². The zero-order chi connectivity index (χ0) is 34.2. The van der Waals surface area contributed by atoms with Gasteiger partial charge < -0.3 is 4.42 Å². The molecule has 11 aromatic rings. The number of hydrogen-bond donors (Lipinski definition) is 0. The maximum Gasteiger partial charge on any atom is 0.164 e. The molecule has 0 N–H and O–H groups in total. The van der Waals surface area contributed by atoms with E-state index in [4.69, 9.17) is 24.4 Å². The maximum atomic E-state index is 6.26. The number of pyridine rings is 1. The quantitative estimate of drug-likeness (QED) is 0.173. The number of furan rings is 1. The van der Waals surface area contributed by atoms with Gasteiger partial charge in [-0.3, -0.25) is 0 Å². The Morgan fingerprint density at radius 3 is 1.79 bits per heavy atom. The number of hydrogen-bond acceptors (Lipinski definition) is 6. The van der Waals surface area contributed by atoms with E-state index < -0.39 is 0 Å². The SMILES string of the molecule is c1ccc(-c2nc(-c3ccc4c(c3)oc3ccccc34)nc(-c3ccc4nc(-c5ccccc5)c5ccc6sc7ccccc7c6c5c4c3)n2)cc1. The first-order valence-electron chi connectivity index (χ1n) is 17.2. The molecule has 0 aliphatic rings. The average molecular weight is 683 g/mol. The number of thiophene rings is 1. The second kappa shape index (κ2) is 11.4. The zero-order valence-electron chi connectivity index (χ0n) is 27.6. The van der Waals surface area contributed by atoms with Crippen molar-refractivity contribution in [3.05, 3.63) is 158 Å². The van der Waals surface area contributed by atoms with Crippen molar-refractivity contribution in [1.82, 2.24) is 19.9 Å². The fourth-order valence-electron chi connectivity index (χ4n) is 7.48. The van der Waals surface area contributed by atoms with Gasteiger partial charge in [-0.2, -0.15) is 0 Å². The molecule has 0 radical (unpaired) electrons. The molecule has 5 nitrogen and oxygen atoms in total. The highest BCUT2D eigenvalue weighted by atomic mass is 32.1. The first-order chi connectivity index (χ1) is 25.7.